The van der Waals surface area contributed by atoms with Crippen LogP contribution in [0.1, 0.15) is 18.0 Å². The van der Waals surface area contributed by atoms with Crippen molar-refractivity contribution in [1.29, 1.82) is 0 Å². The Kier molecular flexibility index (Phi) is 6.73. The summed E-state index contributed by atoms with van der Waals surface area (Å²) in [6, 6.07) is 8.63. The Labute approximate surface area is 112 Å². The highest BCUT2D eigenvalue weighted by atomic mass is 79.9. The fraction of sp³-hybridized carbons (Fsp3) is 0.538. The Morgan fingerprint density at radius 3 is 2.65 bits per heavy atom. The predicted molar refractivity (Wildman–Crippen MR) is 75.1 cm³/mol. The first kappa shape index (κ1) is 14.6. The van der Waals surface area contributed by atoms with E-state index in [1.54, 1.807) is 0 Å². The number of benzene rings is 1. The fourth-order valence-corrected chi connectivity index (χ4v) is 2.41. The van der Waals surface area contributed by atoms with Gasteiger partial charge in [0.25, 0.3) is 0 Å². The van der Waals surface area contributed by atoms with Crippen LogP contribution in [0.4, 0.5) is 0 Å². The van der Waals surface area contributed by atoms with Gasteiger partial charge in [0.2, 0.25) is 0 Å². The average molecular weight is 301 g/mol. The maximum Gasteiger partial charge on any atom is 0.0558 e. The van der Waals surface area contributed by atoms with Gasteiger partial charge in [-0.3, -0.25) is 0 Å². The number of aliphatic hydroxyl groups is 1. The van der Waals surface area contributed by atoms with Crippen molar-refractivity contribution in [1.82, 2.24) is 10.2 Å². The summed E-state index contributed by atoms with van der Waals surface area (Å²) >= 11 is 3.58. The number of likely N-dealkylation sites (N-methyl/N-ethyl adjacent to an activating group) is 1. The lowest BCUT2D eigenvalue weighted by Crippen LogP contribution is -2.27. The molecule has 0 aliphatic carbocycles. The van der Waals surface area contributed by atoms with E-state index >= 15 is 0 Å². The van der Waals surface area contributed by atoms with Gasteiger partial charge in [0.1, 0.15) is 0 Å². The van der Waals surface area contributed by atoms with Crippen molar-refractivity contribution >= 4 is 15.9 Å². The second-order valence-electron chi connectivity index (χ2n) is 4.18. The summed E-state index contributed by atoms with van der Waals surface area (Å²) < 4.78 is 1.14. The lowest BCUT2D eigenvalue weighted by Gasteiger charge is -2.22. The van der Waals surface area contributed by atoms with E-state index in [1.807, 2.05) is 20.2 Å². The molecule has 0 spiro atoms. The lowest BCUT2D eigenvalue weighted by molar-refractivity contribution is 0.216. The van der Waals surface area contributed by atoms with Crippen molar-refractivity contribution in [2.45, 2.75) is 12.5 Å². The normalized spacial score (nSPS) is 13.0. The SMILES string of the molecule is CNC(CCN(C)CCO)c1ccccc1Br. The van der Waals surface area contributed by atoms with Gasteiger partial charge in [-0.25, -0.2) is 0 Å². The van der Waals surface area contributed by atoms with Crippen LogP contribution < -0.4 is 5.32 Å². The zero-order valence-corrected chi connectivity index (χ0v) is 12.1. The van der Waals surface area contributed by atoms with Crippen molar-refractivity contribution in [3.63, 3.8) is 0 Å². The molecular weight excluding hydrogens is 280 g/mol. The molecule has 17 heavy (non-hydrogen) atoms. The molecule has 0 radical (unpaired) electrons. The summed E-state index contributed by atoms with van der Waals surface area (Å²) in [6.07, 6.45) is 1.02. The van der Waals surface area contributed by atoms with Crippen molar-refractivity contribution in [3.05, 3.63) is 34.3 Å². The van der Waals surface area contributed by atoms with Gasteiger partial charge < -0.3 is 15.3 Å². The van der Waals surface area contributed by atoms with Crippen molar-refractivity contribution in [3.8, 4) is 0 Å². The van der Waals surface area contributed by atoms with E-state index in [4.69, 9.17) is 5.11 Å². The summed E-state index contributed by atoms with van der Waals surface area (Å²) in [6.45, 7) is 1.91. The predicted octanol–water partition coefficient (Wildman–Crippen LogP) is 2.02. The molecule has 0 fully saturated rings. The molecule has 0 saturated carbocycles. The number of nitrogens with zero attached hydrogens (tertiary/aromatic N) is 1. The average Bonchev–Trinajstić information content (AvgIpc) is 2.32. The zero-order valence-electron chi connectivity index (χ0n) is 10.5. The maximum absolute atomic E-state index is 8.86. The van der Waals surface area contributed by atoms with Crippen LogP contribution in [0.5, 0.6) is 0 Å². The van der Waals surface area contributed by atoms with Crippen LogP contribution in [0.15, 0.2) is 28.7 Å². The van der Waals surface area contributed by atoms with Crippen LogP contribution in [0.25, 0.3) is 0 Å². The highest BCUT2D eigenvalue weighted by Crippen LogP contribution is 2.25. The Morgan fingerprint density at radius 2 is 2.06 bits per heavy atom. The molecule has 0 aromatic heterocycles. The molecule has 1 rings (SSSR count). The Balaban J connectivity index is 2.57. The molecule has 1 aromatic carbocycles. The number of hydrogen-bond donors (Lipinski definition) is 2. The van der Waals surface area contributed by atoms with Crippen LogP contribution in [0.2, 0.25) is 0 Å². The quantitative estimate of drug-likeness (QED) is 0.809. The highest BCUT2D eigenvalue weighted by molar-refractivity contribution is 9.10. The first-order valence-corrected chi connectivity index (χ1v) is 6.69. The highest BCUT2D eigenvalue weighted by Gasteiger charge is 2.12. The molecule has 0 aliphatic rings. The molecule has 1 atom stereocenters. The van der Waals surface area contributed by atoms with E-state index in [2.05, 4.69) is 44.3 Å². The second kappa shape index (κ2) is 7.82. The molecule has 4 heteroatoms. The topological polar surface area (TPSA) is 35.5 Å². The third-order valence-electron chi connectivity index (χ3n) is 2.91. The molecule has 2 N–H and O–H groups in total. The minimum atomic E-state index is 0.218. The van der Waals surface area contributed by atoms with E-state index in [0.29, 0.717) is 6.04 Å². The van der Waals surface area contributed by atoms with Gasteiger partial charge in [-0.15, -0.1) is 0 Å². The summed E-state index contributed by atoms with van der Waals surface area (Å²) in [5, 5.41) is 12.2. The van der Waals surface area contributed by atoms with Gasteiger partial charge in [-0.1, -0.05) is 34.1 Å². The Hall–Kier alpha value is -0.420. The van der Waals surface area contributed by atoms with Gasteiger partial charge in [0.05, 0.1) is 6.61 Å². The summed E-state index contributed by atoms with van der Waals surface area (Å²) in [4.78, 5) is 2.14. The number of hydrogen-bond acceptors (Lipinski definition) is 3. The minimum absolute atomic E-state index is 0.218. The van der Waals surface area contributed by atoms with Crippen molar-refractivity contribution in [2.75, 3.05) is 33.8 Å². The zero-order chi connectivity index (χ0) is 12.7. The molecular formula is C13H21BrN2O. The first-order chi connectivity index (χ1) is 8.19. The van der Waals surface area contributed by atoms with E-state index in [1.165, 1.54) is 5.56 Å². The number of aliphatic hydroxyl groups excluding tert-OH is 1. The number of rotatable bonds is 7. The molecule has 1 aromatic rings. The maximum atomic E-state index is 8.86. The smallest absolute Gasteiger partial charge is 0.0558 e. The Morgan fingerprint density at radius 1 is 1.35 bits per heavy atom. The van der Waals surface area contributed by atoms with Crippen LogP contribution in [-0.2, 0) is 0 Å². The van der Waals surface area contributed by atoms with Crippen molar-refractivity contribution < 1.29 is 5.11 Å². The molecule has 0 saturated heterocycles. The van der Waals surface area contributed by atoms with Crippen LogP contribution in [0, 0.1) is 0 Å². The van der Waals surface area contributed by atoms with Crippen molar-refractivity contribution in [2.24, 2.45) is 0 Å². The summed E-state index contributed by atoms with van der Waals surface area (Å²) in [5.41, 5.74) is 1.28. The largest absolute Gasteiger partial charge is 0.395 e. The summed E-state index contributed by atoms with van der Waals surface area (Å²) in [7, 11) is 4.01. The monoisotopic (exact) mass is 300 g/mol. The molecule has 1 unspecified atom stereocenters. The van der Waals surface area contributed by atoms with Crippen LogP contribution in [-0.4, -0.2) is 43.8 Å². The molecule has 0 heterocycles. The van der Waals surface area contributed by atoms with E-state index in [-0.39, 0.29) is 6.61 Å². The van der Waals surface area contributed by atoms with E-state index < -0.39 is 0 Å². The van der Waals surface area contributed by atoms with Gasteiger partial charge in [-0.2, -0.15) is 0 Å². The third kappa shape index (κ3) is 4.76. The van der Waals surface area contributed by atoms with E-state index in [9.17, 15) is 0 Å². The molecule has 0 bridgehead atoms. The van der Waals surface area contributed by atoms with Gasteiger partial charge in [-0.05, 0) is 38.7 Å². The minimum Gasteiger partial charge on any atom is -0.395 e. The lowest BCUT2D eigenvalue weighted by atomic mass is 10.0. The van der Waals surface area contributed by atoms with E-state index in [0.717, 1.165) is 24.0 Å². The summed E-state index contributed by atoms with van der Waals surface area (Å²) in [5.74, 6) is 0. The molecule has 0 amide bonds. The Bertz CT molecular complexity index is 333. The van der Waals surface area contributed by atoms with Gasteiger partial charge in [0, 0.05) is 17.1 Å². The first-order valence-electron chi connectivity index (χ1n) is 5.90. The number of nitrogens with one attached hydrogen (secondary N) is 1. The fourth-order valence-electron chi connectivity index (χ4n) is 1.85. The molecule has 3 nitrogen and oxygen atoms in total. The van der Waals surface area contributed by atoms with Gasteiger partial charge >= 0.3 is 0 Å². The van der Waals surface area contributed by atoms with Crippen LogP contribution >= 0.6 is 15.9 Å². The molecule has 96 valence electrons. The van der Waals surface area contributed by atoms with Gasteiger partial charge in [0.15, 0.2) is 0 Å². The second-order valence-corrected chi connectivity index (χ2v) is 5.03. The molecule has 0 aliphatic heterocycles. The third-order valence-corrected chi connectivity index (χ3v) is 3.63. The number of halogens is 1. The van der Waals surface area contributed by atoms with Crippen LogP contribution in [0.3, 0.4) is 0 Å². The standard InChI is InChI=1S/C13H21BrN2O/c1-15-13(7-8-16(2)9-10-17)11-5-3-4-6-12(11)14/h3-6,13,15,17H,7-10H2,1-2H3.